The van der Waals surface area contributed by atoms with E-state index in [2.05, 4.69) is 5.10 Å². The second kappa shape index (κ2) is 4.93. The number of carboxylic acids is 1. The molecular weight excluding hydrogens is 268 g/mol. The summed E-state index contributed by atoms with van der Waals surface area (Å²) < 4.78 is 1.54. The van der Waals surface area contributed by atoms with Gasteiger partial charge >= 0.3 is 5.97 Å². The first kappa shape index (κ1) is 13.4. The van der Waals surface area contributed by atoms with E-state index in [4.69, 9.17) is 16.7 Å². The van der Waals surface area contributed by atoms with E-state index in [0.717, 1.165) is 5.69 Å². The van der Waals surface area contributed by atoms with Gasteiger partial charge in [0.25, 0.3) is 0 Å². The summed E-state index contributed by atoms with van der Waals surface area (Å²) in [5.41, 5.74) is 2.40. The number of aromatic nitrogens is 2. The van der Waals surface area contributed by atoms with Crippen molar-refractivity contribution in [3.8, 4) is 11.4 Å². The lowest BCUT2D eigenvalue weighted by Crippen LogP contribution is -2.03. The van der Waals surface area contributed by atoms with Crippen LogP contribution in [0.15, 0.2) is 18.2 Å². The monoisotopic (exact) mass is 280 g/mol. The average Bonchev–Trinajstić information content (AvgIpc) is 2.56. The van der Waals surface area contributed by atoms with Crippen molar-refractivity contribution in [1.29, 1.82) is 0 Å². The number of carboxylic acid groups (broad SMARTS) is 1. The van der Waals surface area contributed by atoms with Crippen LogP contribution in [0.2, 0.25) is 5.02 Å². The summed E-state index contributed by atoms with van der Waals surface area (Å²) in [6.07, 6.45) is -0.133. The molecule has 0 aliphatic carbocycles. The van der Waals surface area contributed by atoms with Crippen LogP contribution in [0.25, 0.3) is 5.69 Å². The normalized spacial score (nSPS) is 10.7. The molecule has 2 rings (SSSR count). The number of aryl methyl sites for hydroxylation is 1. The highest BCUT2D eigenvalue weighted by Crippen LogP contribution is 2.28. The molecule has 0 saturated carbocycles. The van der Waals surface area contributed by atoms with Crippen molar-refractivity contribution in [3.05, 3.63) is 40.2 Å². The maximum absolute atomic E-state index is 10.6. The lowest BCUT2D eigenvalue weighted by atomic mass is 10.1. The first-order valence-electron chi connectivity index (χ1n) is 5.66. The molecule has 19 heavy (non-hydrogen) atoms. The summed E-state index contributed by atoms with van der Waals surface area (Å²) in [6, 6.07) is 4.70. The standard InChI is InChI=1S/C13H13ClN2O3/c1-7-13(14)8(2)16(15-7)10-4-3-9(5-11(10)17)6-12(18)19/h3-5,17H,6H2,1-2H3,(H,18,19). The number of benzene rings is 1. The Bertz CT molecular complexity index is 650. The third-order valence-electron chi connectivity index (χ3n) is 2.83. The summed E-state index contributed by atoms with van der Waals surface area (Å²) >= 11 is 6.06. The van der Waals surface area contributed by atoms with Gasteiger partial charge in [0.05, 0.1) is 22.8 Å². The van der Waals surface area contributed by atoms with Crippen LogP contribution >= 0.6 is 11.6 Å². The SMILES string of the molecule is Cc1nn(-c2ccc(CC(=O)O)cc2O)c(C)c1Cl. The lowest BCUT2D eigenvalue weighted by Gasteiger charge is -2.08. The molecule has 0 aliphatic rings. The van der Waals surface area contributed by atoms with E-state index in [1.807, 2.05) is 0 Å². The van der Waals surface area contributed by atoms with E-state index >= 15 is 0 Å². The number of carbonyl (C=O) groups is 1. The van der Waals surface area contributed by atoms with Crippen molar-refractivity contribution >= 4 is 17.6 Å². The summed E-state index contributed by atoms with van der Waals surface area (Å²) in [4.78, 5) is 10.6. The van der Waals surface area contributed by atoms with E-state index in [9.17, 15) is 9.90 Å². The van der Waals surface area contributed by atoms with Crippen molar-refractivity contribution in [1.82, 2.24) is 9.78 Å². The van der Waals surface area contributed by atoms with Gasteiger partial charge in [-0.1, -0.05) is 17.7 Å². The van der Waals surface area contributed by atoms with Gasteiger partial charge < -0.3 is 10.2 Å². The number of hydrogen-bond donors (Lipinski definition) is 2. The second-order valence-electron chi connectivity index (χ2n) is 4.29. The van der Waals surface area contributed by atoms with Gasteiger partial charge in [0.15, 0.2) is 0 Å². The Morgan fingerprint density at radius 2 is 2.11 bits per heavy atom. The molecule has 0 fully saturated rings. The molecule has 1 heterocycles. The smallest absolute Gasteiger partial charge is 0.307 e. The number of halogens is 1. The number of phenols is 1. The zero-order valence-electron chi connectivity index (χ0n) is 10.5. The molecule has 100 valence electrons. The van der Waals surface area contributed by atoms with Gasteiger partial charge in [-0.25, -0.2) is 4.68 Å². The Hall–Kier alpha value is -2.01. The Morgan fingerprint density at radius 1 is 1.42 bits per heavy atom. The molecule has 0 saturated heterocycles. The highest BCUT2D eigenvalue weighted by molar-refractivity contribution is 6.31. The van der Waals surface area contributed by atoms with Crippen molar-refractivity contribution in [2.75, 3.05) is 0 Å². The molecule has 0 unspecified atom stereocenters. The highest BCUT2D eigenvalue weighted by atomic mass is 35.5. The fourth-order valence-electron chi connectivity index (χ4n) is 1.89. The average molecular weight is 281 g/mol. The van der Waals surface area contributed by atoms with Crippen LogP contribution in [0.4, 0.5) is 0 Å². The van der Waals surface area contributed by atoms with Crippen molar-refractivity contribution in [3.63, 3.8) is 0 Å². The van der Waals surface area contributed by atoms with Crippen LogP contribution in [0.1, 0.15) is 17.0 Å². The Balaban J connectivity index is 2.46. The van der Waals surface area contributed by atoms with Gasteiger partial charge in [-0.05, 0) is 31.5 Å². The van der Waals surface area contributed by atoms with Crippen molar-refractivity contribution in [2.45, 2.75) is 20.3 Å². The van der Waals surface area contributed by atoms with E-state index in [-0.39, 0.29) is 12.2 Å². The number of nitrogens with zero attached hydrogens (tertiary/aromatic N) is 2. The number of aliphatic carboxylic acids is 1. The van der Waals surface area contributed by atoms with Gasteiger partial charge in [0, 0.05) is 0 Å². The lowest BCUT2D eigenvalue weighted by molar-refractivity contribution is -0.136. The first-order valence-corrected chi connectivity index (χ1v) is 6.03. The van der Waals surface area contributed by atoms with E-state index in [1.165, 1.54) is 10.7 Å². The fraction of sp³-hybridized carbons (Fsp3) is 0.231. The van der Waals surface area contributed by atoms with Crippen LogP contribution in [0, 0.1) is 13.8 Å². The van der Waals surface area contributed by atoms with Crippen LogP contribution < -0.4 is 0 Å². The molecule has 0 spiro atoms. The zero-order chi connectivity index (χ0) is 14.2. The molecule has 5 nitrogen and oxygen atoms in total. The molecule has 0 radical (unpaired) electrons. The molecular formula is C13H13ClN2O3. The number of phenolic OH excluding ortho intramolecular Hbond substituents is 1. The van der Waals surface area contributed by atoms with Gasteiger partial charge in [0.2, 0.25) is 0 Å². The molecule has 6 heteroatoms. The minimum Gasteiger partial charge on any atom is -0.506 e. The van der Waals surface area contributed by atoms with Crippen LogP contribution in [0.3, 0.4) is 0 Å². The topological polar surface area (TPSA) is 75.4 Å². The van der Waals surface area contributed by atoms with Gasteiger partial charge in [-0.2, -0.15) is 5.10 Å². The summed E-state index contributed by atoms with van der Waals surface area (Å²) in [7, 11) is 0. The Labute approximate surface area is 115 Å². The molecule has 1 aromatic carbocycles. The third kappa shape index (κ3) is 2.56. The Morgan fingerprint density at radius 3 is 2.58 bits per heavy atom. The summed E-state index contributed by atoms with van der Waals surface area (Å²) in [5, 5.41) is 23.5. The molecule has 2 N–H and O–H groups in total. The van der Waals surface area contributed by atoms with Crippen LogP contribution in [-0.2, 0) is 11.2 Å². The predicted molar refractivity (Wildman–Crippen MR) is 71.1 cm³/mol. The van der Waals surface area contributed by atoms with E-state index in [1.54, 1.807) is 26.0 Å². The van der Waals surface area contributed by atoms with Crippen LogP contribution in [-0.4, -0.2) is 26.0 Å². The number of aromatic hydroxyl groups is 1. The van der Waals surface area contributed by atoms with Gasteiger partial charge in [0.1, 0.15) is 11.4 Å². The molecule has 0 bridgehead atoms. The van der Waals surface area contributed by atoms with E-state index in [0.29, 0.717) is 22.0 Å². The molecule has 0 aliphatic heterocycles. The maximum atomic E-state index is 10.6. The number of hydrogen-bond acceptors (Lipinski definition) is 3. The molecule has 0 atom stereocenters. The Kier molecular flexibility index (Phi) is 3.48. The first-order chi connectivity index (χ1) is 8.90. The van der Waals surface area contributed by atoms with Crippen molar-refractivity contribution in [2.24, 2.45) is 0 Å². The summed E-state index contributed by atoms with van der Waals surface area (Å²) in [6.45, 7) is 3.58. The minimum absolute atomic E-state index is 0.0268. The zero-order valence-corrected chi connectivity index (χ0v) is 11.3. The highest BCUT2D eigenvalue weighted by Gasteiger charge is 2.14. The van der Waals surface area contributed by atoms with Crippen LogP contribution in [0.5, 0.6) is 5.75 Å². The minimum atomic E-state index is -0.943. The maximum Gasteiger partial charge on any atom is 0.307 e. The molecule has 1 aromatic heterocycles. The second-order valence-corrected chi connectivity index (χ2v) is 4.67. The quantitative estimate of drug-likeness (QED) is 0.906. The molecule has 2 aromatic rings. The van der Waals surface area contributed by atoms with Gasteiger partial charge in [-0.15, -0.1) is 0 Å². The number of rotatable bonds is 3. The van der Waals surface area contributed by atoms with E-state index < -0.39 is 5.97 Å². The summed E-state index contributed by atoms with van der Waals surface area (Å²) in [5.74, 6) is -0.970. The third-order valence-corrected chi connectivity index (χ3v) is 3.37. The molecule has 0 amide bonds. The van der Waals surface area contributed by atoms with Crippen molar-refractivity contribution < 1.29 is 15.0 Å². The predicted octanol–water partition coefficient (Wildman–Crippen LogP) is 2.48. The largest absolute Gasteiger partial charge is 0.506 e. The fourth-order valence-corrected chi connectivity index (χ4v) is 2.01. The van der Waals surface area contributed by atoms with Gasteiger partial charge in [-0.3, -0.25) is 4.79 Å².